The molecule has 21 heavy (non-hydrogen) atoms. The molecule has 1 aliphatic rings. The van der Waals surface area contributed by atoms with E-state index in [1.807, 2.05) is 6.92 Å². The lowest BCUT2D eigenvalue weighted by Gasteiger charge is -2.37. The summed E-state index contributed by atoms with van der Waals surface area (Å²) in [5.74, 6) is 0.148. The van der Waals surface area contributed by atoms with E-state index in [1.165, 1.54) is 6.07 Å². The van der Waals surface area contributed by atoms with Gasteiger partial charge in [-0.1, -0.05) is 0 Å². The minimum absolute atomic E-state index is 0.0639. The summed E-state index contributed by atoms with van der Waals surface area (Å²) in [6.07, 6.45) is 1.45. The maximum Gasteiger partial charge on any atom is 0.311 e. The third-order valence-corrected chi connectivity index (χ3v) is 3.86. The highest BCUT2D eigenvalue weighted by atomic mass is 16.6. The number of nitrogens with zero attached hydrogens (tertiary/aromatic N) is 3. The molecule has 8 heteroatoms. The van der Waals surface area contributed by atoms with Gasteiger partial charge < -0.3 is 16.0 Å². The lowest BCUT2D eigenvalue weighted by molar-refractivity contribution is -0.384. The van der Waals surface area contributed by atoms with E-state index in [4.69, 9.17) is 5.73 Å². The van der Waals surface area contributed by atoms with Gasteiger partial charge in [0.2, 0.25) is 11.7 Å². The number of rotatable bonds is 4. The number of nitrogens with two attached hydrogens (primary N) is 1. The molecule has 2 atom stereocenters. The fourth-order valence-electron chi connectivity index (χ4n) is 2.57. The van der Waals surface area contributed by atoms with Gasteiger partial charge in [0, 0.05) is 25.7 Å². The quantitative estimate of drug-likeness (QED) is 0.635. The van der Waals surface area contributed by atoms with E-state index in [9.17, 15) is 14.9 Å². The number of pyridine rings is 1. The number of piperidine rings is 1. The van der Waals surface area contributed by atoms with Gasteiger partial charge in [-0.25, -0.2) is 4.98 Å². The molecule has 2 heterocycles. The van der Waals surface area contributed by atoms with Crippen molar-refractivity contribution in [3.05, 3.63) is 22.2 Å². The standard InChI is InChI=1S/C13H19N5O3/c1-8-3-4-9(12(14)19)7-17(8)13-10(18(20)21)5-6-11(15-2)16-13/h5-6,8-9H,3-4,7H2,1-2H3,(H2,14,19)(H,15,16). The van der Waals surface area contributed by atoms with Gasteiger partial charge >= 0.3 is 5.69 Å². The molecule has 114 valence electrons. The zero-order chi connectivity index (χ0) is 15.6. The van der Waals surface area contributed by atoms with Crippen LogP contribution in [0.15, 0.2) is 12.1 Å². The number of nitrogens with one attached hydrogen (secondary N) is 1. The van der Waals surface area contributed by atoms with Crippen molar-refractivity contribution in [2.75, 3.05) is 23.8 Å². The molecule has 8 nitrogen and oxygen atoms in total. The van der Waals surface area contributed by atoms with Crippen LogP contribution in [-0.4, -0.2) is 35.4 Å². The Kier molecular flexibility index (Phi) is 4.25. The molecule has 0 aliphatic carbocycles. The van der Waals surface area contributed by atoms with Crippen LogP contribution in [0.2, 0.25) is 0 Å². The van der Waals surface area contributed by atoms with Crippen molar-refractivity contribution in [1.82, 2.24) is 4.98 Å². The number of aromatic nitrogens is 1. The smallest absolute Gasteiger partial charge is 0.311 e. The van der Waals surface area contributed by atoms with Gasteiger partial charge in [-0.15, -0.1) is 0 Å². The van der Waals surface area contributed by atoms with Crippen molar-refractivity contribution in [1.29, 1.82) is 0 Å². The van der Waals surface area contributed by atoms with Crippen LogP contribution in [0.1, 0.15) is 19.8 Å². The molecule has 1 fully saturated rings. The molecule has 0 radical (unpaired) electrons. The van der Waals surface area contributed by atoms with E-state index < -0.39 is 4.92 Å². The van der Waals surface area contributed by atoms with Crippen molar-refractivity contribution >= 4 is 23.2 Å². The number of hydrogen-bond donors (Lipinski definition) is 2. The van der Waals surface area contributed by atoms with Crippen LogP contribution in [0.5, 0.6) is 0 Å². The van der Waals surface area contributed by atoms with Crippen LogP contribution in [-0.2, 0) is 4.79 Å². The third kappa shape index (κ3) is 3.04. The highest BCUT2D eigenvalue weighted by Crippen LogP contribution is 2.33. The zero-order valence-corrected chi connectivity index (χ0v) is 12.1. The van der Waals surface area contributed by atoms with Crippen LogP contribution in [0.4, 0.5) is 17.3 Å². The summed E-state index contributed by atoms with van der Waals surface area (Å²) in [7, 11) is 1.70. The lowest BCUT2D eigenvalue weighted by Crippen LogP contribution is -2.46. The van der Waals surface area contributed by atoms with Crippen molar-refractivity contribution < 1.29 is 9.72 Å². The summed E-state index contributed by atoms with van der Waals surface area (Å²) < 4.78 is 0. The molecule has 0 aromatic carbocycles. The topological polar surface area (TPSA) is 114 Å². The second-order valence-corrected chi connectivity index (χ2v) is 5.22. The zero-order valence-electron chi connectivity index (χ0n) is 12.1. The number of hydrogen-bond acceptors (Lipinski definition) is 6. The minimum atomic E-state index is -0.456. The monoisotopic (exact) mass is 293 g/mol. The molecule has 1 aromatic rings. The first-order valence-electron chi connectivity index (χ1n) is 6.83. The first-order chi connectivity index (χ1) is 9.93. The van der Waals surface area contributed by atoms with Crippen LogP contribution < -0.4 is 16.0 Å². The highest BCUT2D eigenvalue weighted by molar-refractivity contribution is 5.78. The van der Waals surface area contributed by atoms with Crippen molar-refractivity contribution in [2.24, 2.45) is 11.7 Å². The third-order valence-electron chi connectivity index (χ3n) is 3.86. The number of carbonyl (C=O) groups is 1. The average Bonchev–Trinajstić information content (AvgIpc) is 2.46. The molecule has 0 bridgehead atoms. The van der Waals surface area contributed by atoms with E-state index >= 15 is 0 Å². The summed E-state index contributed by atoms with van der Waals surface area (Å²) in [6, 6.07) is 3.05. The summed E-state index contributed by atoms with van der Waals surface area (Å²) in [5.41, 5.74) is 5.31. The van der Waals surface area contributed by atoms with E-state index in [0.717, 1.165) is 6.42 Å². The molecule has 2 unspecified atom stereocenters. The van der Waals surface area contributed by atoms with Gasteiger partial charge in [0.05, 0.1) is 10.8 Å². The van der Waals surface area contributed by atoms with Gasteiger partial charge in [-0.3, -0.25) is 14.9 Å². The summed E-state index contributed by atoms with van der Waals surface area (Å²) >= 11 is 0. The van der Waals surface area contributed by atoms with Gasteiger partial charge in [-0.2, -0.15) is 0 Å². The van der Waals surface area contributed by atoms with Crippen LogP contribution >= 0.6 is 0 Å². The SMILES string of the molecule is CNc1ccc([N+](=O)[O-])c(N2CC(C(N)=O)CCC2C)n1. The Balaban J connectivity index is 2.41. The first-order valence-corrected chi connectivity index (χ1v) is 6.83. The Morgan fingerprint density at radius 3 is 2.81 bits per heavy atom. The molecular formula is C13H19N5O3. The van der Waals surface area contributed by atoms with Gasteiger partial charge in [0.25, 0.3) is 0 Å². The van der Waals surface area contributed by atoms with Gasteiger partial charge in [0.1, 0.15) is 5.82 Å². The van der Waals surface area contributed by atoms with Crippen LogP contribution in [0.3, 0.4) is 0 Å². The Labute approximate surface area is 122 Å². The molecule has 0 saturated carbocycles. The Morgan fingerprint density at radius 2 is 2.24 bits per heavy atom. The predicted octanol–water partition coefficient (Wildman–Crippen LogP) is 1.12. The average molecular weight is 293 g/mol. The molecule has 3 N–H and O–H groups in total. The molecule has 2 rings (SSSR count). The summed E-state index contributed by atoms with van der Waals surface area (Å²) in [6.45, 7) is 2.33. The first kappa shape index (κ1) is 15.0. The van der Waals surface area contributed by atoms with Gasteiger partial charge in [-0.05, 0) is 25.8 Å². The predicted molar refractivity (Wildman–Crippen MR) is 79.2 cm³/mol. The fourth-order valence-corrected chi connectivity index (χ4v) is 2.57. The number of primary amides is 1. The van der Waals surface area contributed by atoms with Crippen LogP contribution in [0, 0.1) is 16.0 Å². The van der Waals surface area contributed by atoms with E-state index in [1.54, 1.807) is 18.0 Å². The maximum atomic E-state index is 11.4. The second kappa shape index (κ2) is 5.94. The second-order valence-electron chi connectivity index (χ2n) is 5.22. The Morgan fingerprint density at radius 1 is 1.52 bits per heavy atom. The molecule has 0 spiro atoms. The number of amides is 1. The van der Waals surface area contributed by atoms with E-state index in [-0.39, 0.29) is 29.4 Å². The highest BCUT2D eigenvalue weighted by Gasteiger charge is 2.33. The largest absolute Gasteiger partial charge is 0.373 e. The molecule has 1 aromatic heterocycles. The van der Waals surface area contributed by atoms with Gasteiger partial charge in [0.15, 0.2) is 0 Å². The maximum absolute atomic E-state index is 11.4. The van der Waals surface area contributed by atoms with Crippen molar-refractivity contribution in [3.63, 3.8) is 0 Å². The number of anilines is 2. The number of carbonyl (C=O) groups excluding carboxylic acids is 1. The lowest BCUT2D eigenvalue weighted by atomic mass is 9.93. The minimum Gasteiger partial charge on any atom is -0.373 e. The normalized spacial score (nSPS) is 21.9. The van der Waals surface area contributed by atoms with Crippen molar-refractivity contribution in [3.8, 4) is 0 Å². The molecule has 1 amide bonds. The van der Waals surface area contributed by atoms with E-state index in [0.29, 0.717) is 18.8 Å². The summed E-state index contributed by atoms with van der Waals surface area (Å²) in [5, 5.41) is 14.1. The number of nitro groups is 1. The van der Waals surface area contributed by atoms with Crippen molar-refractivity contribution in [2.45, 2.75) is 25.8 Å². The molecular weight excluding hydrogens is 274 g/mol. The fraction of sp³-hybridized carbons (Fsp3) is 0.538. The molecule has 1 aliphatic heterocycles. The molecule has 1 saturated heterocycles. The van der Waals surface area contributed by atoms with E-state index in [2.05, 4.69) is 10.3 Å². The van der Waals surface area contributed by atoms with Crippen LogP contribution in [0.25, 0.3) is 0 Å². The Bertz CT molecular complexity index is 563. The summed E-state index contributed by atoms with van der Waals surface area (Å²) in [4.78, 5) is 28.3. The Hall–Kier alpha value is -2.38.